The van der Waals surface area contributed by atoms with Gasteiger partial charge < -0.3 is 4.74 Å². The maximum atomic E-state index is 13.7. The van der Waals surface area contributed by atoms with Crippen molar-refractivity contribution in [3.05, 3.63) is 95.8 Å². The number of ether oxygens (including phenoxy) is 1. The number of rotatable bonds is 8. The van der Waals surface area contributed by atoms with Crippen molar-refractivity contribution < 1.29 is 13.2 Å². The first-order valence-electron chi connectivity index (χ1n) is 9.98. The highest BCUT2D eigenvalue weighted by Gasteiger charge is 2.26. The summed E-state index contributed by atoms with van der Waals surface area (Å²) in [7, 11) is -2.18. The lowest BCUT2D eigenvalue weighted by Crippen LogP contribution is -2.30. The number of nitrogens with zero attached hydrogens (tertiary/aromatic N) is 5. The molecule has 0 amide bonds. The third-order valence-corrected chi connectivity index (χ3v) is 6.91. The summed E-state index contributed by atoms with van der Waals surface area (Å²) in [5.74, 6) is 0.722. The van der Waals surface area contributed by atoms with E-state index < -0.39 is 10.0 Å². The van der Waals surface area contributed by atoms with Crippen LogP contribution in [0.4, 0.5) is 0 Å². The highest BCUT2D eigenvalue weighted by molar-refractivity contribution is 7.89. The summed E-state index contributed by atoms with van der Waals surface area (Å²) >= 11 is 0. The molecule has 0 fully saturated rings. The second-order valence-electron chi connectivity index (χ2n) is 7.31. The van der Waals surface area contributed by atoms with E-state index in [0.717, 1.165) is 28.1 Å². The van der Waals surface area contributed by atoms with Gasteiger partial charge in [-0.05, 0) is 64.4 Å². The normalized spacial score (nSPS) is 11.6. The summed E-state index contributed by atoms with van der Waals surface area (Å²) in [6.45, 7) is 2.32. The minimum Gasteiger partial charge on any atom is -0.497 e. The Hall–Kier alpha value is -3.56. The van der Waals surface area contributed by atoms with Gasteiger partial charge in [-0.25, -0.2) is 13.1 Å². The first-order chi connectivity index (χ1) is 15.5. The van der Waals surface area contributed by atoms with Gasteiger partial charge in [-0.3, -0.25) is 0 Å². The van der Waals surface area contributed by atoms with E-state index in [1.165, 1.54) is 15.3 Å². The molecule has 8 nitrogen and oxygen atoms in total. The molecule has 0 aliphatic rings. The van der Waals surface area contributed by atoms with Gasteiger partial charge in [-0.1, -0.05) is 42.5 Å². The number of hydrogen-bond acceptors (Lipinski definition) is 6. The number of aryl methyl sites for hydroxylation is 1. The SMILES string of the molecule is COc1ccc(CN(Cc2ccccc2)S(=O)(=O)c2ccc(-n3cnnn3)c(C)c2)cc1. The van der Waals surface area contributed by atoms with E-state index in [4.69, 9.17) is 4.74 Å². The molecule has 0 spiro atoms. The second kappa shape index (κ2) is 9.29. The Morgan fingerprint density at radius 2 is 1.62 bits per heavy atom. The summed E-state index contributed by atoms with van der Waals surface area (Å²) in [5.41, 5.74) is 3.25. The average molecular weight is 450 g/mol. The number of aromatic nitrogens is 4. The summed E-state index contributed by atoms with van der Waals surface area (Å²) < 4.78 is 35.5. The highest BCUT2D eigenvalue weighted by Crippen LogP contribution is 2.25. The van der Waals surface area contributed by atoms with Gasteiger partial charge >= 0.3 is 0 Å². The molecule has 1 aromatic heterocycles. The minimum atomic E-state index is -3.78. The van der Waals surface area contributed by atoms with E-state index in [2.05, 4.69) is 15.5 Å². The molecule has 4 aromatic rings. The van der Waals surface area contributed by atoms with E-state index in [-0.39, 0.29) is 18.0 Å². The van der Waals surface area contributed by atoms with Crippen molar-refractivity contribution in [3.63, 3.8) is 0 Å². The quantitative estimate of drug-likeness (QED) is 0.410. The van der Waals surface area contributed by atoms with Crippen LogP contribution in [0.1, 0.15) is 16.7 Å². The van der Waals surface area contributed by atoms with Crippen molar-refractivity contribution >= 4 is 10.0 Å². The van der Waals surface area contributed by atoms with Crippen LogP contribution in [0, 0.1) is 6.92 Å². The smallest absolute Gasteiger partial charge is 0.243 e. The first kappa shape index (κ1) is 21.7. The van der Waals surface area contributed by atoms with Gasteiger partial charge in [0.2, 0.25) is 10.0 Å². The highest BCUT2D eigenvalue weighted by atomic mass is 32.2. The van der Waals surface area contributed by atoms with Crippen molar-refractivity contribution in [3.8, 4) is 11.4 Å². The zero-order valence-electron chi connectivity index (χ0n) is 17.8. The lowest BCUT2D eigenvalue weighted by atomic mass is 10.2. The molecule has 0 aliphatic heterocycles. The predicted molar refractivity (Wildman–Crippen MR) is 120 cm³/mol. The Morgan fingerprint density at radius 1 is 0.938 bits per heavy atom. The molecule has 9 heteroatoms. The van der Waals surface area contributed by atoms with Crippen LogP contribution >= 0.6 is 0 Å². The van der Waals surface area contributed by atoms with Crippen LogP contribution in [0.25, 0.3) is 5.69 Å². The van der Waals surface area contributed by atoms with Crippen LogP contribution in [0.3, 0.4) is 0 Å². The molecule has 0 aliphatic carbocycles. The van der Waals surface area contributed by atoms with Crippen LogP contribution in [0.2, 0.25) is 0 Å². The van der Waals surface area contributed by atoms with Gasteiger partial charge in [-0.15, -0.1) is 5.10 Å². The topological polar surface area (TPSA) is 90.2 Å². The fourth-order valence-electron chi connectivity index (χ4n) is 3.41. The fourth-order valence-corrected chi connectivity index (χ4v) is 4.92. The zero-order chi connectivity index (χ0) is 22.6. The second-order valence-corrected chi connectivity index (χ2v) is 9.25. The van der Waals surface area contributed by atoms with Crippen molar-refractivity contribution in [2.75, 3.05) is 7.11 Å². The van der Waals surface area contributed by atoms with Crippen LogP contribution < -0.4 is 4.74 Å². The molecule has 0 bridgehead atoms. The Morgan fingerprint density at radius 3 is 2.22 bits per heavy atom. The minimum absolute atomic E-state index is 0.219. The summed E-state index contributed by atoms with van der Waals surface area (Å²) in [6, 6.07) is 21.9. The Labute approximate surface area is 187 Å². The lowest BCUT2D eigenvalue weighted by Gasteiger charge is -2.23. The summed E-state index contributed by atoms with van der Waals surface area (Å²) in [4.78, 5) is 0.219. The number of tetrazole rings is 1. The Balaban J connectivity index is 1.68. The third-order valence-electron chi connectivity index (χ3n) is 5.12. The molecule has 32 heavy (non-hydrogen) atoms. The molecule has 0 unspecified atom stereocenters. The van der Waals surface area contributed by atoms with Crippen molar-refractivity contribution in [2.24, 2.45) is 0 Å². The molecule has 0 saturated heterocycles. The van der Waals surface area contributed by atoms with Gasteiger partial charge in [0.05, 0.1) is 17.7 Å². The van der Waals surface area contributed by atoms with E-state index in [9.17, 15) is 8.42 Å². The monoisotopic (exact) mass is 449 g/mol. The number of hydrogen-bond donors (Lipinski definition) is 0. The predicted octanol–water partition coefficient (Wildman–Crippen LogP) is 3.37. The molecular formula is C23H23N5O3S. The summed E-state index contributed by atoms with van der Waals surface area (Å²) in [5, 5.41) is 11.2. The van der Waals surface area contributed by atoms with Crippen molar-refractivity contribution in [2.45, 2.75) is 24.9 Å². The zero-order valence-corrected chi connectivity index (χ0v) is 18.6. The molecule has 0 N–H and O–H groups in total. The van der Waals surface area contributed by atoms with Crippen molar-refractivity contribution in [1.82, 2.24) is 24.5 Å². The Kier molecular flexibility index (Phi) is 6.29. The largest absolute Gasteiger partial charge is 0.497 e. The molecular weight excluding hydrogens is 426 g/mol. The van der Waals surface area contributed by atoms with Crippen molar-refractivity contribution in [1.29, 1.82) is 0 Å². The standard InChI is InChI=1S/C23H23N5O3S/c1-18-14-22(12-13-23(18)28-17-24-25-26-28)32(29,30)27(15-19-6-4-3-5-7-19)16-20-8-10-21(31-2)11-9-20/h3-14,17H,15-16H2,1-2H3. The van der Waals surface area contributed by atoms with Crippen LogP contribution in [-0.4, -0.2) is 40.0 Å². The fraction of sp³-hybridized carbons (Fsp3) is 0.174. The maximum absolute atomic E-state index is 13.7. The molecule has 4 rings (SSSR count). The molecule has 1 heterocycles. The summed E-state index contributed by atoms with van der Waals surface area (Å²) in [6.07, 6.45) is 1.47. The molecule has 164 valence electrons. The molecule has 0 radical (unpaired) electrons. The van der Waals surface area contributed by atoms with E-state index in [1.54, 1.807) is 25.3 Å². The van der Waals surface area contributed by atoms with Crippen LogP contribution in [-0.2, 0) is 23.1 Å². The van der Waals surface area contributed by atoms with Crippen LogP contribution in [0.5, 0.6) is 5.75 Å². The number of methoxy groups -OCH3 is 1. The van der Waals surface area contributed by atoms with E-state index >= 15 is 0 Å². The molecule has 0 atom stereocenters. The third kappa shape index (κ3) is 4.68. The maximum Gasteiger partial charge on any atom is 0.243 e. The number of sulfonamides is 1. The lowest BCUT2D eigenvalue weighted by molar-refractivity contribution is 0.399. The van der Waals surface area contributed by atoms with Gasteiger partial charge in [-0.2, -0.15) is 4.31 Å². The molecule has 3 aromatic carbocycles. The van der Waals surface area contributed by atoms with Gasteiger partial charge in [0.25, 0.3) is 0 Å². The van der Waals surface area contributed by atoms with Gasteiger partial charge in [0, 0.05) is 13.1 Å². The Bertz CT molecular complexity index is 1280. The van der Waals surface area contributed by atoms with Gasteiger partial charge in [0.1, 0.15) is 12.1 Å². The number of benzene rings is 3. The van der Waals surface area contributed by atoms with E-state index in [0.29, 0.717) is 0 Å². The van der Waals surface area contributed by atoms with Gasteiger partial charge in [0.15, 0.2) is 0 Å². The average Bonchev–Trinajstić information content (AvgIpc) is 3.34. The molecule has 0 saturated carbocycles. The van der Waals surface area contributed by atoms with Crippen LogP contribution in [0.15, 0.2) is 84.0 Å². The van der Waals surface area contributed by atoms with E-state index in [1.807, 2.05) is 61.5 Å². The first-order valence-corrected chi connectivity index (χ1v) is 11.4.